The zero-order valence-electron chi connectivity index (χ0n) is 28.7. The highest BCUT2D eigenvalue weighted by atomic mass is 35.5. The number of halogens is 2. The Balaban J connectivity index is 1.11. The van der Waals surface area contributed by atoms with Gasteiger partial charge in [0.05, 0.1) is 29.8 Å². The second kappa shape index (κ2) is 14.1. The molecule has 2 atom stereocenters. The third-order valence-corrected chi connectivity index (χ3v) is 11.1. The summed E-state index contributed by atoms with van der Waals surface area (Å²) in [6, 6.07) is 17.8. The Hall–Kier alpha value is -5.11. The number of ether oxygens (including phenoxy) is 1. The number of esters is 1. The number of piperazine rings is 1. The molecule has 4 aromatic rings. The Morgan fingerprint density at radius 1 is 1.06 bits per heavy atom. The van der Waals surface area contributed by atoms with Crippen LogP contribution in [-0.2, 0) is 15.1 Å². The molecular weight excluding hydrogens is 707 g/mol. The summed E-state index contributed by atoms with van der Waals surface area (Å²) in [6.45, 7) is 6.56. The first-order chi connectivity index (χ1) is 24.9. The summed E-state index contributed by atoms with van der Waals surface area (Å²) in [4.78, 5) is 53.8. The van der Waals surface area contributed by atoms with E-state index in [1.807, 2.05) is 53.3 Å². The third kappa shape index (κ3) is 6.67. The summed E-state index contributed by atoms with van der Waals surface area (Å²) in [5, 5.41) is 15.2. The number of aromatic nitrogens is 1. The molecule has 7 rings (SSSR count). The summed E-state index contributed by atoms with van der Waals surface area (Å²) < 4.78 is 19.3. The summed E-state index contributed by atoms with van der Waals surface area (Å²) >= 11 is 7.91. The van der Waals surface area contributed by atoms with Crippen LogP contribution in [0, 0.1) is 5.82 Å². The van der Waals surface area contributed by atoms with E-state index >= 15 is 0 Å². The lowest BCUT2D eigenvalue weighted by Gasteiger charge is -2.38. The summed E-state index contributed by atoms with van der Waals surface area (Å²) in [7, 11) is 1.31. The molecular formula is C38H36ClFN6O5S. The number of hydrogen-bond donors (Lipinski definition) is 2. The van der Waals surface area contributed by atoms with Crippen molar-refractivity contribution in [3.8, 4) is 11.1 Å². The first-order valence-electron chi connectivity index (χ1n) is 16.7. The third-order valence-electron chi connectivity index (χ3n) is 9.97. The molecule has 52 heavy (non-hydrogen) atoms. The largest absolute Gasteiger partial charge is 0.478 e. The van der Waals surface area contributed by atoms with E-state index in [4.69, 9.17) is 21.3 Å². The van der Waals surface area contributed by atoms with Gasteiger partial charge >= 0.3 is 18.0 Å². The van der Waals surface area contributed by atoms with Crippen molar-refractivity contribution in [1.29, 1.82) is 0 Å². The average Bonchev–Trinajstić information content (AvgIpc) is 3.80. The average molecular weight is 743 g/mol. The molecule has 268 valence electrons. The van der Waals surface area contributed by atoms with Crippen LogP contribution < -0.4 is 5.32 Å². The van der Waals surface area contributed by atoms with Crippen LogP contribution in [0.2, 0.25) is 5.02 Å². The number of nitrogens with one attached hydrogen (secondary N) is 1. The van der Waals surface area contributed by atoms with Crippen molar-refractivity contribution in [1.82, 2.24) is 25.0 Å². The van der Waals surface area contributed by atoms with E-state index in [2.05, 4.69) is 15.2 Å². The molecule has 0 bridgehead atoms. The number of rotatable bonds is 9. The highest BCUT2D eigenvalue weighted by molar-refractivity contribution is 7.11. The van der Waals surface area contributed by atoms with Gasteiger partial charge in [-0.1, -0.05) is 54.1 Å². The van der Waals surface area contributed by atoms with Gasteiger partial charge in [0.2, 0.25) is 0 Å². The van der Waals surface area contributed by atoms with Crippen LogP contribution in [0.5, 0.6) is 0 Å². The molecule has 2 N–H and O–H groups in total. The van der Waals surface area contributed by atoms with E-state index in [0.29, 0.717) is 54.8 Å². The number of carboxylic acids is 1. The number of aliphatic imine (C=N–C) groups is 1. The molecule has 0 radical (unpaired) electrons. The number of methoxy groups -OCH3 is 1. The lowest BCUT2D eigenvalue weighted by atomic mass is 9.90. The number of carboxylic acid groups (broad SMARTS) is 1. The smallest absolute Gasteiger partial charge is 0.338 e. The number of amides is 2. The fourth-order valence-corrected chi connectivity index (χ4v) is 7.96. The standard InChI is InChI=1S/C38H36ClFN6O5S/c1-38(2,25-10-8-23(9-11-25)22-4-6-24(7-5-22)35(47)48)46-20-27-19-44(15-16-45(27)37(46)50)21-30-31(36(49)51-3)32(28-13-12-26(40)18-29(28)39)43-33(42-30)34-41-14-17-52-34/h4-14,17-18,27,32H,15-16,19-21H2,1-3H3,(H,42,43)(H,47,48)/t27?,32-/m0/s1. The number of fused-ring (bicyclic) bond motifs is 1. The van der Waals surface area contributed by atoms with Gasteiger partial charge in [0, 0.05) is 60.6 Å². The zero-order chi connectivity index (χ0) is 36.7. The van der Waals surface area contributed by atoms with Crippen LogP contribution in [0.1, 0.15) is 46.4 Å². The van der Waals surface area contributed by atoms with Crippen LogP contribution in [0.15, 0.2) is 94.6 Å². The van der Waals surface area contributed by atoms with Gasteiger partial charge in [-0.2, -0.15) is 0 Å². The quantitative estimate of drug-likeness (QED) is 0.195. The number of benzene rings is 3. The van der Waals surface area contributed by atoms with Gasteiger partial charge in [-0.05, 0) is 54.8 Å². The summed E-state index contributed by atoms with van der Waals surface area (Å²) in [5.74, 6) is -1.59. The monoisotopic (exact) mass is 742 g/mol. The van der Waals surface area contributed by atoms with Gasteiger partial charge in [-0.3, -0.25) is 9.89 Å². The summed E-state index contributed by atoms with van der Waals surface area (Å²) in [5.41, 5.74) is 3.74. The highest BCUT2D eigenvalue weighted by Gasteiger charge is 2.47. The van der Waals surface area contributed by atoms with Gasteiger partial charge in [0.1, 0.15) is 11.9 Å². The molecule has 0 saturated carbocycles. The Morgan fingerprint density at radius 3 is 2.40 bits per heavy atom. The SMILES string of the molecule is COC(=O)C1=C(CN2CCN3C(=O)N(C(C)(C)c4ccc(-c5ccc(C(=O)O)cc5)cc4)CC3C2)NC(c2nccs2)=N[C@H]1c1ccc(F)cc1Cl. The molecule has 2 amide bonds. The molecule has 3 aliphatic heterocycles. The maximum absolute atomic E-state index is 14.1. The molecule has 3 aliphatic rings. The van der Waals surface area contributed by atoms with Gasteiger partial charge < -0.3 is 25.0 Å². The van der Waals surface area contributed by atoms with Crippen molar-refractivity contribution in [3.63, 3.8) is 0 Å². The predicted molar refractivity (Wildman–Crippen MR) is 196 cm³/mol. The Labute approximate surface area is 309 Å². The van der Waals surface area contributed by atoms with E-state index in [9.17, 15) is 23.9 Å². The number of aromatic carboxylic acids is 1. The van der Waals surface area contributed by atoms with E-state index in [-0.39, 0.29) is 28.2 Å². The normalized spacial score (nSPS) is 19.3. The second-order valence-electron chi connectivity index (χ2n) is 13.4. The van der Waals surface area contributed by atoms with Gasteiger partial charge in [0.15, 0.2) is 10.8 Å². The van der Waals surface area contributed by atoms with Gasteiger partial charge in [0.25, 0.3) is 0 Å². The molecule has 0 spiro atoms. The molecule has 3 aromatic carbocycles. The number of amidine groups is 1. The number of urea groups is 1. The Morgan fingerprint density at radius 2 is 1.77 bits per heavy atom. The van der Waals surface area contributed by atoms with Crippen molar-refractivity contribution in [2.45, 2.75) is 31.5 Å². The van der Waals surface area contributed by atoms with Crippen molar-refractivity contribution in [2.75, 3.05) is 39.8 Å². The molecule has 14 heteroatoms. The molecule has 2 fully saturated rings. The maximum atomic E-state index is 14.1. The second-order valence-corrected chi connectivity index (χ2v) is 14.7. The number of carbonyl (C=O) groups excluding carboxylic acids is 2. The number of thiazole rings is 1. The van der Waals surface area contributed by atoms with Crippen molar-refractivity contribution in [3.05, 3.63) is 122 Å². The Bertz CT molecular complexity index is 2090. The van der Waals surface area contributed by atoms with E-state index in [1.54, 1.807) is 30.5 Å². The minimum atomic E-state index is -0.969. The lowest BCUT2D eigenvalue weighted by molar-refractivity contribution is -0.136. The topological polar surface area (TPSA) is 128 Å². The number of carbonyl (C=O) groups is 3. The number of hydrogen-bond acceptors (Lipinski definition) is 9. The first-order valence-corrected chi connectivity index (χ1v) is 18.0. The minimum absolute atomic E-state index is 0.0301. The van der Waals surface area contributed by atoms with Crippen molar-refractivity contribution >= 4 is 46.7 Å². The van der Waals surface area contributed by atoms with Crippen LogP contribution in [-0.4, -0.2) is 94.5 Å². The molecule has 0 aliphatic carbocycles. The van der Waals surface area contributed by atoms with E-state index < -0.39 is 29.3 Å². The number of nitrogens with zero attached hydrogens (tertiary/aromatic N) is 5. The van der Waals surface area contributed by atoms with Crippen LogP contribution in [0.25, 0.3) is 11.1 Å². The van der Waals surface area contributed by atoms with Gasteiger partial charge in [-0.25, -0.2) is 23.8 Å². The predicted octanol–water partition coefficient (Wildman–Crippen LogP) is 6.18. The zero-order valence-corrected chi connectivity index (χ0v) is 30.2. The molecule has 11 nitrogen and oxygen atoms in total. The van der Waals surface area contributed by atoms with E-state index in [0.717, 1.165) is 16.7 Å². The fourth-order valence-electron chi connectivity index (χ4n) is 7.11. The van der Waals surface area contributed by atoms with Crippen LogP contribution in [0.4, 0.5) is 9.18 Å². The van der Waals surface area contributed by atoms with Gasteiger partial charge in [-0.15, -0.1) is 11.3 Å². The summed E-state index contributed by atoms with van der Waals surface area (Å²) in [6.07, 6.45) is 1.67. The first kappa shape index (κ1) is 35.3. The van der Waals surface area contributed by atoms with Crippen LogP contribution >= 0.6 is 22.9 Å². The Kier molecular flexibility index (Phi) is 9.59. The molecule has 1 unspecified atom stereocenters. The van der Waals surface area contributed by atoms with Crippen molar-refractivity contribution < 1.29 is 28.6 Å². The van der Waals surface area contributed by atoms with Crippen LogP contribution in [0.3, 0.4) is 0 Å². The molecule has 4 heterocycles. The lowest BCUT2D eigenvalue weighted by Crippen LogP contribution is -2.53. The van der Waals surface area contributed by atoms with E-state index in [1.165, 1.54) is 36.6 Å². The molecule has 2 saturated heterocycles. The highest BCUT2D eigenvalue weighted by Crippen LogP contribution is 2.38. The maximum Gasteiger partial charge on any atom is 0.338 e. The minimum Gasteiger partial charge on any atom is -0.478 e. The fraction of sp³-hybridized carbons (Fsp3) is 0.289. The molecule has 1 aromatic heterocycles. The van der Waals surface area contributed by atoms with Crippen molar-refractivity contribution in [2.24, 2.45) is 4.99 Å².